The number of benzene rings is 2. The van der Waals surface area contributed by atoms with E-state index in [1.54, 1.807) is 6.07 Å². The maximum atomic E-state index is 9.48. The minimum absolute atomic E-state index is 0.0931. The number of hydrogen-bond acceptors (Lipinski definition) is 2. The van der Waals surface area contributed by atoms with Gasteiger partial charge in [-0.1, -0.05) is 23.8 Å². The van der Waals surface area contributed by atoms with E-state index in [0.717, 1.165) is 16.3 Å². The Morgan fingerprint density at radius 2 is 1.77 bits per heavy atom. The van der Waals surface area contributed by atoms with E-state index in [4.69, 9.17) is 0 Å². The monoisotopic (exact) mass is 174 g/mol. The standard InChI is InChI=1S/C11H10O2/c1-7-2-3-10-8(4-7)5-9(12)6-11(10)13/h2-6,12-13H,1H3. The summed E-state index contributed by atoms with van der Waals surface area (Å²) in [4.78, 5) is 0. The molecule has 0 aliphatic rings. The van der Waals surface area contributed by atoms with E-state index in [9.17, 15) is 10.2 Å². The van der Waals surface area contributed by atoms with E-state index in [0.29, 0.717) is 0 Å². The highest BCUT2D eigenvalue weighted by Crippen LogP contribution is 2.29. The van der Waals surface area contributed by atoms with Crippen LogP contribution in [-0.4, -0.2) is 10.2 Å². The molecular weight excluding hydrogens is 164 g/mol. The summed E-state index contributed by atoms with van der Waals surface area (Å²) in [5.74, 6) is 0.214. The molecule has 66 valence electrons. The number of aryl methyl sites for hydroxylation is 1. The Hall–Kier alpha value is -1.70. The maximum Gasteiger partial charge on any atom is 0.127 e. The first-order valence-electron chi connectivity index (χ1n) is 4.09. The van der Waals surface area contributed by atoms with Crippen LogP contribution in [0.3, 0.4) is 0 Å². The SMILES string of the molecule is Cc1ccc2c(O)cc(O)cc2c1. The summed E-state index contributed by atoms with van der Waals surface area (Å²) in [5, 5.41) is 20.4. The van der Waals surface area contributed by atoms with Crippen molar-refractivity contribution in [1.29, 1.82) is 0 Å². The maximum absolute atomic E-state index is 9.48. The molecule has 2 rings (SSSR count). The molecule has 0 aliphatic heterocycles. The number of phenols is 2. The fraction of sp³-hybridized carbons (Fsp3) is 0.0909. The third-order valence-corrected chi connectivity index (χ3v) is 2.07. The molecule has 2 aromatic rings. The minimum Gasteiger partial charge on any atom is -0.508 e. The van der Waals surface area contributed by atoms with Crippen LogP contribution in [0.1, 0.15) is 5.56 Å². The predicted molar refractivity (Wildman–Crippen MR) is 52.0 cm³/mol. The number of rotatable bonds is 0. The van der Waals surface area contributed by atoms with Crippen LogP contribution in [-0.2, 0) is 0 Å². The fourth-order valence-electron chi connectivity index (χ4n) is 1.45. The highest BCUT2D eigenvalue weighted by molar-refractivity contribution is 5.89. The fourth-order valence-corrected chi connectivity index (χ4v) is 1.45. The van der Waals surface area contributed by atoms with E-state index in [2.05, 4.69) is 0 Å². The average Bonchev–Trinajstić information content (AvgIpc) is 2.02. The molecule has 0 fully saturated rings. The van der Waals surface area contributed by atoms with Gasteiger partial charge in [0.25, 0.3) is 0 Å². The van der Waals surface area contributed by atoms with Crippen molar-refractivity contribution in [2.75, 3.05) is 0 Å². The molecule has 2 aromatic carbocycles. The molecule has 0 amide bonds. The minimum atomic E-state index is 0.0931. The first-order valence-corrected chi connectivity index (χ1v) is 4.09. The lowest BCUT2D eigenvalue weighted by Crippen LogP contribution is -1.76. The first kappa shape index (κ1) is 7.92. The van der Waals surface area contributed by atoms with Gasteiger partial charge in [0.05, 0.1) is 0 Å². The zero-order valence-electron chi connectivity index (χ0n) is 7.28. The lowest BCUT2D eigenvalue weighted by Gasteiger charge is -2.02. The Kier molecular flexibility index (Phi) is 1.62. The van der Waals surface area contributed by atoms with Crippen molar-refractivity contribution < 1.29 is 10.2 Å². The van der Waals surface area contributed by atoms with E-state index >= 15 is 0 Å². The topological polar surface area (TPSA) is 40.5 Å². The molecule has 0 saturated carbocycles. The number of phenolic OH excluding ortho intramolecular Hbond substituents is 2. The Morgan fingerprint density at radius 1 is 1.00 bits per heavy atom. The summed E-state index contributed by atoms with van der Waals surface area (Å²) in [6.07, 6.45) is 0. The number of aromatic hydroxyl groups is 2. The van der Waals surface area contributed by atoms with Gasteiger partial charge in [0, 0.05) is 11.5 Å². The Morgan fingerprint density at radius 3 is 2.54 bits per heavy atom. The molecule has 0 spiro atoms. The largest absolute Gasteiger partial charge is 0.508 e. The van der Waals surface area contributed by atoms with Crippen molar-refractivity contribution in [3.8, 4) is 11.5 Å². The second kappa shape index (κ2) is 2.66. The Balaban J connectivity index is 2.86. The van der Waals surface area contributed by atoms with Gasteiger partial charge >= 0.3 is 0 Å². The number of hydrogen-bond donors (Lipinski definition) is 2. The highest BCUT2D eigenvalue weighted by atomic mass is 16.3. The molecule has 0 bridgehead atoms. The van der Waals surface area contributed by atoms with Gasteiger partial charge in [-0.15, -0.1) is 0 Å². The van der Waals surface area contributed by atoms with Gasteiger partial charge in [0.2, 0.25) is 0 Å². The molecular formula is C11H10O2. The Bertz CT molecular complexity index is 456. The summed E-state index contributed by atoms with van der Waals surface area (Å²) >= 11 is 0. The zero-order chi connectivity index (χ0) is 9.42. The van der Waals surface area contributed by atoms with Crippen molar-refractivity contribution in [1.82, 2.24) is 0 Å². The van der Waals surface area contributed by atoms with Crippen molar-refractivity contribution in [3.63, 3.8) is 0 Å². The van der Waals surface area contributed by atoms with Crippen LogP contribution in [0.25, 0.3) is 10.8 Å². The molecule has 0 radical (unpaired) electrons. The van der Waals surface area contributed by atoms with Crippen LogP contribution < -0.4 is 0 Å². The van der Waals surface area contributed by atoms with Crippen molar-refractivity contribution in [2.24, 2.45) is 0 Å². The molecule has 2 nitrogen and oxygen atoms in total. The molecule has 2 heteroatoms. The molecule has 0 aliphatic carbocycles. The van der Waals surface area contributed by atoms with Crippen molar-refractivity contribution >= 4 is 10.8 Å². The van der Waals surface area contributed by atoms with Crippen LogP contribution in [0.15, 0.2) is 30.3 Å². The molecule has 0 unspecified atom stereocenters. The normalized spacial score (nSPS) is 10.5. The molecule has 0 aromatic heterocycles. The van der Waals surface area contributed by atoms with Crippen LogP contribution in [0.4, 0.5) is 0 Å². The quantitative estimate of drug-likeness (QED) is 0.644. The van der Waals surface area contributed by atoms with Crippen LogP contribution in [0.2, 0.25) is 0 Å². The third-order valence-electron chi connectivity index (χ3n) is 2.07. The van der Waals surface area contributed by atoms with E-state index in [1.807, 2.05) is 25.1 Å². The molecule has 0 heterocycles. The first-order chi connectivity index (χ1) is 6.16. The van der Waals surface area contributed by atoms with E-state index < -0.39 is 0 Å². The predicted octanol–water partition coefficient (Wildman–Crippen LogP) is 2.56. The van der Waals surface area contributed by atoms with E-state index in [1.165, 1.54) is 6.07 Å². The smallest absolute Gasteiger partial charge is 0.127 e. The summed E-state index contributed by atoms with van der Waals surface area (Å²) in [5.41, 5.74) is 1.11. The van der Waals surface area contributed by atoms with Gasteiger partial charge in [-0.25, -0.2) is 0 Å². The van der Waals surface area contributed by atoms with Crippen LogP contribution in [0, 0.1) is 6.92 Å². The molecule has 0 saturated heterocycles. The average molecular weight is 174 g/mol. The summed E-state index contributed by atoms with van der Waals surface area (Å²) in [7, 11) is 0. The number of fused-ring (bicyclic) bond motifs is 1. The molecule has 13 heavy (non-hydrogen) atoms. The van der Waals surface area contributed by atoms with Crippen molar-refractivity contribution in [3.05, 3.63) is 35.9 Å². The summed E-state index contributed by atoms with van der Waals surface area (Å²) < 4.78 is 0. The molecule has 2 N–H and O–H groups in total. The summed E-state index contributed by atoms with van der Waals surface area (Å²) in [6.45, 7) is 1.97. The van der Waals surface area contributed by atoms with Gasteiger partial charge in [-0.2, -0.15) is 0 Å². The van der Waals surface area contributed by atoms with Gasteiger partial charge < -0.3 is 10.2 Å². The van der Waals surface area contributed by atoms with Gasteiger partial charge in [-0.3, -0.25) is 0 Å². The van der Waals surface area contributed by atoms with Crippen LogP contribution >= 0.6 is 0 Å². The van der Waals surface area contributed by atoms with Gasteiger partial charge in [-0.05, 0) is 18.4 Å². The molecule has 0 atom stereocenters. The lowest BCUT2D eigenvalue weighted by atomic mass is 10.1. The van der Waals surface area contributed by atoms with Gasteiger partial charge in [0.15, 0.2) is 0 Å². The second-order valence-electron chi connectivity index (χ2n) is 3.19. The lowest BCUT2D eigenvalue weighted by molar-refractivity contribution is 0.455. The summed E-state index contributed by atoms with van der Waals surface area (Å²) in [6, 6.07) is 8.69. The second-order valence-corrected chi connectivity index (χ2v) is 3.19. The van der Waals surface area contributed by atoms with E-state index in [-0.39, 0.29) is 11.5 Å². The third kappa shape index (κ3) is 1.31. The van der Waals surface area contributed by atoms with Gasteiger partial charge in [0.1, 0.15) is 11.5 Å². The van der Waals surface area contributed by atoms with Crippen molar-refractivity contribution in [2.45, 2.75) is 6.92 Å². The Labute approximate surface area is 76.1 Å². The van der Waals surface area contributed by atoms with Crippen LogP contribution in [0.5, 0.6) is 11.5 Å². The highest BCUT2D eigenvalue weighted by Gasteiger charge is 2.01. The zero-order valence-corrected chi connectivity index (χ0v) is 7.28.